The molecule has 20 heavy (non-hydrogen) atoms. The first-order chi connectivity index (χ1) is 9.53. The number of nitrogens with one attached hydrogen (secondary N) is 1. The van der Waals surface area contributed by atoms with Gasteiger partial charge in [0, 0.05) is 25.7 Å². The first kappa shape index (κ1) is 16.3. The second-order valence-corrected chi connectivity index (χ2v) is 8.01. The van der Waals surface area contributed by atoms with Crippen LogP contribution in [0.5, 0.6) is 0 Å². The Morgan fingerprint density at radius 3 is 2.55 bits per heavy atom. The predicted molar refractivity (Wildman–Crippen MR) is 88.0 cm³/mol. The topological polar surface area (TPSA) is 15.3 Å². The molecule has 0 aromatic carbocycles. The molecular formula is C18H36N2. The minimum Gasteiger partial charge on any atom is -0.314 e. The fourth-order valence-electron chi connectivity index (χ4n) is 3.99. The molecule has 2 nitrogen and oxygen atoms in total. The van der Waals surface area contributed by atoms with E-state index < -0.39 is 0 Å². The molecule has 0 heterocycles. The van der Waals surface area contributed by atoms with E-state index in [0.29, 0.717) is 11.5 Å². The molecule has 2 unspecified atom stereocenters. The predicted octanol–water partition coefficient (Wildman–Crippen LogP) is 3.91. The maximum atomic E-state index is 3.75. The van der Waals surface area contributed by atoms with E-state index in [1.54, 1.807) is 0 Å². The van der Waals surface area contributed by atoms with Gasteiger partial charge in [-0.2, -0.15) is 0 Å². The van der Waals surface area contributed by atoms with Crippen LogP contribution in [0.25, 0.3) is 0 Å². The highest BCUT2D eigenvalue weighted by molar-refractivity contribution is 4.91. The summed E-state index contributed by atoms with van der Waals surface area (Å²) in [7, 11) is 0. The summed E-state index contributed by atoms with van der Waals surface area (Å²) < 4.78 is 0. The van der Waals surface area contributed by atoms with Gasteiger partial charge in [-0.05, 0) is 49.5 Å². The quantitative estimate of drug-likeness (QED) is 0.725. The molecule has 0 aromatic heterocycles. The SMILES string of the molecule is CCN(CC1CC1)CC1(CNC(C)C)CCCC(C)C1. The summed E-state index contributed by atoms with van der Waals surface area (Å²) in [6.07, 6.45) is 8.68. The zero-order valence-electron chi connectivity index (χ0n) is 14.3. The highest BCUT2D eigenvalue weighted by atomic mass is 15.1. The molecule has 0 amide bonds. The van der Waals surface area contributed by atoms with Gasteiger partial charge in [0.25, 0.3) is 0 Å². The molecule has 0 bridgehead atoms. The Morgan fingerprint density at radius 2 is 2.00 bits per heavy atom. The van der Waals surface area contributed by atoms with Gasteiger partial charge < -0.3 is 10.2 Å². The van der Waals surface area contributed by atoms with Crippen LogP contribution in [0.1, 0.15) is 66.2 Å². The average Bonchev–Trinajstić information content (AvgIpc) is 3.20. The van der Waals surface area contributed by atoms with Crippen LogP contribution in [0.3, 0.4) is 0 Å². The molecule has 2 rings (SSSR count). The van der Waals surface area contributed by atoms with Crippen LogP contribution >= 0.6 is 0 Å². The number of hydrogen-bond acceptors (Lipinski definition) is 2. The second-order valence-electron chi connectivity index (χ2n) is 8.01. The van der Waals surface area contributed by atoms with Crippen LogP contribution in [0.4, 0.5) is 0 Å². The number of nitrogens with zero attached hydrogens (tertiary/aromatic N) is 1. The normalized spacial score (nSPS) is 31.2. The Bertz CT molecular complexity index is 285. The summed E-state index contributed by atoms with van der Waals surface area (Å²) in [6, 6.07) is 0.614. The first-order valence-electron chi connectivity index (χ1n) is 8.99. The van der Waals surface area contributed by atoms with E-state index in [1.807, 2.05) is 0 Å². The van der Waals surface area contributed by atoms with E-state index in [-0.39, 0.29) is 0 Å². The standard InChI is InChI=1S/C18H36N2/c1-5-20(12-17-8-9-17)14-18(13-19-15(2)3)10-6-7-16(4)11-18/h15-17,19H,5-14H2,1-4H3. The Hall–Kier alpha value is -0.0800. The van der Waals surface area contributed by atoms with E-state index in [4.69, 9.17) is 0 Å². The molecule has 0 saturated heterocycles. The van der Waals surface area contributed by atoms with E-state index in [2.05, 4.69) is 37.9 Å². The molecule has 1 N–H and O–H groups in total. The third-order valence-electron chi connectivity index (χ3n) is 5.29. The Balaban J connectivity index is 1.95. The third-order valence-corrected chi connectivity index (χ3v) is 5.29. The maximum absolute atomic E-state index is 3.75. The Kier molecular flexibility index (Phi) is 5.92. The Morgan fingerprint density at radius 1 is 1.25 bits per heavy atom. The van der Waals surface area contributed by atoms with Gasteiger partial charge >= 0.3 is 0 Å². The smallest absolute Gasteiger partial charge is 0.00502 e. The Labute approximate surface area is 126 Å². The van der Waals surface area contributed by atoms with Gasteiger partial charge in [-0.3, -0.25) is 0 Å². The van der Waals surface area contributed by atoms with Gasteiger partial charge in [-0.1, -0.05) is 40.5 Å². The van der Waals surface area contributed by atoms with Gasteiger partial charge in [0.1, 0.15) is 0 Å². The van der Waals surface area contributed by atoms with Crippen molar-refractivity contribution in [1.29, 1.82) is 0 Å². The zero-order valence-corrected chi connectivity index (χ0v) is 14.3. The summed E-state index contributed by atoms with van der Waals surface area (Å²) >= 11 is 0. The highest BCUT2D eigenvalue weighted by Gasteiger charge is 2.37. The van der Waals surface area contributed by atoms with Crippen molar-refractivity contribution in [2.24, 2.45) is 17.3 Å². The second kappa shape index (κ2) is 7.26. The maximum Gasteiger partial charge on any atom is 0.00502 e. The van der Waals surface area contributed by atoms with Crippen LogP contribution in [0.15, 0.2) is 0 Å². The zero-order chi connectivity index (χ0) is 14.6. The van der Waals surface area contributed by atoms with Crippen LogP contribution in [-0.4, -0.2) is 37.1 Å². The molecule has 2 aliphatic rings. The molecule has 0 radical (unpaired) electrons. The van der Waals surface area contributed by atoms with Crippen LogP contribution < -0.4 is 5.32 Å². The lowest BCUT2D eigenvalue weighted by Gasteiger charge is -2.44. The fourth-order valence-corrected chi connectivity index (χ4v) is 3.99. The molecule has 2 heteroatoms. The van der Waals surface area contributed by atoms with E-state index in [1.165, 1.54) is 64.7 Å². The van der Waals surface area contributed by atoms with Crippen LogP contribution in [0.2, 0.25) is 0 Å². The third kappa shape index (κ3) is 5.04. The fraction of sp³-hybridized carbons (Fsp3) is 1.00. The van der Waals surface area contributed by atoms with Crippen molar-refractivity contribution in [3.8, 4) is 0 Å². The minimum absolute atomic E-state index is 0.535. The largest absolute Gasteiger partial charge is 0.314 e. The van der Waals surface area contributed by atoms with Crippen LogP contribution in [0, 0.1) is 17.3 Å². The molecule has 0 aromatic rings. The number of hydrogen-bond donors (Lipinski definition) is 1. The molecule has 2 aliphatic carbocycles. The van der Waals surface area contributed by atoms with Crippen molar-refractivity contribution < 1.29 is 0 Å². The van der Waals surface area contributed by atoms with Gasteiger partial charge in [0.05, 0.1) is 0 Å². The van der Waals surface area contributed by atoms with Crippen molar-refractivity contribution in [3.05, 3.63) is 0 Å². The highest BCUT2D eigenvalue weighted by Crippen LogP contribution is 2.40. The van der Waals surface area contributed by atoms with Crippen molar-refractivity contribution in [1.82, 2.24) is 10.2 Å². The minimum atomic E-state index is 0.535. The summed E-state index contributed by atoms with van der Waals surface area (Å²) in [5, 5.41) is 3.75. The van der Waals surface area contributed by atoms with E-state index >= 15 is 0 Å². The lowest BCUT2D eigenvalue weighted by Crippen LogP contribution is -2.48. The number of rotatable bonds is 8. The van der Waals surface area contributed by atoms with E-state index in [9.17, 15) is 0 Å². The van der Waals surface area contributed by atoms with Gasteiger partial charge in [-0.15, -0.1) is 0 Å². The molecule has 2 atom stereocenters. The van der Waals surface area contributed by atoms with Crippen LogP contribution in [-0.2, 0) is 0 Å². The van der Waals surface area contributed by atoms with Crippen molar-refractivity contribution in [2.45, 2.75) is 72.3 Å². The van der Waals surface area contributed by atoms with Gasteiger partial charge in [0.15, 0.2) is 0 Å². The first-order valence-corrected chi connectivity index (χ1v) is 8.99. The summed E-state index contributed by atoms with van der Waals surface area (Å²) in [6.45, 7) is 14.5. The van der Waals surface area contributed by atoms with Crippen molar-refractivity contribution in [3.63, 3.8) is 0 Å². The molecule has 2 fully saturated rings. The molecule has 0 aliphatic heterocycles. The summed E-state index contributed by atoms with van der Waals surface area (Å²) in [5.41, 5.74) is 0.535. The summed E-state index contributed by atoms with van der Waals surface area (Å²) in [5.74, 6) is 1.93. The molecule has 0 spiro atoms. The van der Waals surface area contributed by atoms with E-state index in [0.717, 1.165) is 11.8 Å². The van der Waals surface area contributed by atoms with Crippen molar-refractivity contribution in [2.75, 3.05) is 26.2 Å². The van der Waals surface area contributed by atoms with Gasteiger partial charge in [-0.25, -0.2) is 0 Å². The molecular weight excluding hydrogens is 244 g/mol. The van der Waals surface area contributed by atoms with Crippen molar-refractivity contribution >= 4 is 0 Å². The molecule has 2 saturated carbocycles. The average molecular weight is 280 g/mol. The molecule has 118 valence electrons. The van der Waals surface area contributed by atoms with Gasteiger partial charge in [0.2, 0.25) is 0 Å². The summed E-state index contributed by atoms with van der Waals surface area (Å²) in [4.78, 5) is 2.75. The lowest BCUT2D eigenvalue weighted by atomic mass is 9.69. The lowest BCUT2D eigenvalue weighted by molar-refractivity contribution is 0.0782. The monoisotopic (exact) mass is 280 g/mol.